The maximum absolute atomic E-state index is 2.37. The molecule has 0 spiro atoms. The molecule has 0 amide bonds. The molecule has 1 aliphatic heterocycles. The molecule has 2 unspecified atom stereocenters. The van der Waals surface area contributed by atoms with Crippen LogP contribution in [0.1, 0.15) is 13.8 Å². The number of hydrogen-bond acceptors (Lipinski definition) is 1. The fraction of sp³-hybridized carbons (Fsp3) is 0.750. The number of hydrogen-bond donors (Lipinski definition) is 0. The van der Waals surface area contributed by atoms with Crippen LogP contribution in [-0.2, 0) is 0 Å². The summed E-state index contributed by atoms with van der Waals surface area (Å²) in [6, 6.07) is 0.718. The zero-order valence-corrected chi connectivity index (χ0v) is 6.46. The fourth-order valence-corrected chi connectivity index (χ4v) is 1.51. The maximum Gasteiger partial charge on any atom is 0.0313 e. The summed E-state index contributed by atoms with van der Waals surface area (Å²) in [5.41, 5.74) is 0. The van der Waals surface area contributed by atoms with Crippen molar-refractivity contribution >= 4 is 0 Å². The zero-order chi connectivity index (χ0) is 6.85. The highest BCUT2D eigenvalue weighted by Gasteiger charge is 2.29. The lowest BCUT2D eigenvalue weighted by molar-refractivity contribution is 0.0894. The predicted molar refractivity (Wildman–Crippen MR) is 40.4 cm³/mol. The molecule has 0 radical (unpaired) electrons. The molecular weight excluding hydrogens is 110 g/mol. The summed E-state index contributed by atoms with van der Waals surface area (Å²) < 4.78 is 0. The van der Waals surface area contributed by atoms with Crippen molar-refractivity contribution in [3.63, 3.8) is 0 Å². The van der Waals surface area contributed by atoms with Gasteiger partial charge in [-0.2, -0.15) is 0 Å². The van der Waals surface area contributed by atoms with E-state index in [9.17, 15) is 0 Å². The van der Waals surface area contributed by atoms with Crippen LogP contribution >= 0.6 is 0 Å². The van der Waals surface area contributed by atoms with E-state index in [1.807, 2.05) is 0 Å². The standard InChI is InChI=1S/C8H15N/c1-4-5-8-7(2)6-9(8)3/h4-5,7-8H,6H2,1-3H3. The van der Waals surface area contributed by atoms with Crippen LogP contribution in [0.15, 0.2) is 12.2 Å². The van der Waals surface area contributed by atoms with Crippen LogP contribution in [0.3, 0.4) is 0 Å². The molecule has 0 aromatic heterocycles. The van der Waals surface area contributed by atoms with Crippen LogP contribution in [0.2, 0.25) is 0 Å². The third kappa shape index (κ3) is 1.16. The van der Waals surface area contributed by atoms with E-state index >= 15 is 0 Å². The second kappa shape index (κ2) is 2.53. The highest BCUT2D eigenvalue weighted by atomic mass is 15.2. The first-order valence-electron chi connectivity index (χ1n) is 3.58. The Morgan fingerprint density at radius 1 is 1.56 bits per heavy atom. The molecule has 0 aromatic rings. The van der Waals surface area contributed by atoms with Gasteiger partial charge < -0.3 is 0 Å². The van der Waals surface area contributed by atoms with Gasteiger partial charge in [0.2, 0.25) is 0 Å². The third-order valence-corrected chi connectivity index (χ3v) is 2.06. The van der Waals surface area contributed by atoms with Crippen LogP contribution in [0.5, 0.6) is 0 Å². The fourth-order valence-electron chi connectivity index (χ4n) is 1.51. The lowest BCUT2D eigenvalue weighted by atomic mass is 9.91. The first-order chi connectivity index (χ1) is 4.25. The van der Waals surface area contributed by atoms with Crippen LogP contribution in [0.4, 0.5) is 0 Å². The van der Waals surface area contributed by atoms with Crippen molar-refractivity contribution in [1.82, 2.24) is 4.90 Å². The van der Waals surface area contributed by atoms with Crippen molar-refractivity contribution < 1.29 is 0 Å². The van der Waals surface area contributed by atoms with E-state index in [1.165, 1.54) is 6.54 Å². The average Bonchev–Trinajstić information content (AvgIpc) is 1.84. The van der Waals surface area contributed by atoms with Crippen LogP contribution in [-0.4, -0.2) is 24.5 Å². The zero-order valence-electron chi connectivity index (χ0n) is 6.46. The van der Waals surface area contributed by atoms with Crippen molar-refractivity contribution in [2.45, 2.75) is 19.9 Å². The van der Waals surface area contributed by atoms with Gasteiger partial charge in [-0.1, -0.05) is 19.1 Å². The first-order valence-corrected chi connectivity index (χ1v) is 3.58. The van der Waals surface area contributed by atoms with Gasteiger partial charge in [0.1, 0.15) is 0 Å². The van der Waals surface area contributed by atoms with Crippen molar-refractivity contribution in [3.8, 4) is 0 Å². The normalized spacial score (nSPS) is 37.2. The number of rotatable bonds is 1. The van der Waals surface area contributed by atoms with Crippen LogP contribution in [0.25, 0.3) is 0 Å². The minimum atomic E-state index is 0.718. The van der Waals surface area contributed by atoms with Crippen molar-refractivity contribution in [2.24, 2.45) is 5.92 Å². The lowest BCUT2D eigenvalue weighted by Crippen LogP contribution is -2.51. The van der Waals surface area contributed by atoms with Gasteiger partial charge in [0.25, 0.3) is 0 Å². The predicted octanol–water partition coefficient (Wildman–Crippen LogP) is 1.51. The van der Waals surface area contributed by atoms with Gasteiger partial charge in [-0.3, -0.25) is 4.90 Å². The molecule has 0 aliphatic carbocycles. The van der Waals surface area contributed by atoms with Gasteiger partial charge >= 0.3 is 0 Å². The number of likely N-dealkylation sites (N-methyl/N-ethyl adjacent to an activating group) is 1. The molecule has 1 rings (SSSR count). The average molecular weight is 125 g/mol. The molecule has 0 bridgehead atoms. The summed E-state index contributed by atoms with van der Waals surface area (Å²) in [5, 5.41) is 0. The summed E-state index contributed by atoms with van der Waals surface area (Å²) in [4.78, 5) is 2.37. The Morgan fingerprint density at radius 2 is 2.22 bits per heavy atom. The summed E-state index contributed by atoms with van der Waals surface area (Å²) in [6.07, 6.45) is 4.41. The Hall–Kier alpha value is -0.300. The SMILES string of the molecule is CC=CC1C(C)CN1C. The van der Waals surface area contributed by atoms with Crippen molar-refractivity contribution in [2.75, 3.05) is 13.6 Å². The summed E-state index contributed by atoms with van der Waals surface area (Å²) in [5.74, 6) is 0.867. The molecule has 1 fully saturated rings. The smallest absolute Gasteiger partial charge is 0.0313 e. The van der Waals surface area contributed by atoms with Crippen LogP contribution in [0, 0.1) is 5.92 Å². The highest BCUT2D eigenvalue weighted by Crippen LogP contribution is 2.22. The van der Waals surface area contributed by atoms with E-state index in [0.29, 0.717) is 0 Å². The van der Waals surface area contributed by atoms with E-state index in [-0.39, 0.29) is 0 Å². The van der Waals surface area contributed by atoms with E-state index in [2.05, 4.69) is 37.9 Å². The molecule has 1 heterocycles. The van der Waals surface area contributed by atoms with Crippen molar-refractivity contribution in [3.05, 3.63) is 12.2 Å². The van der Waals surface area contributed by atoms with E-state index in [0.717, 1.165) is 12.0 Å². The second-order valence-corrected chi connectivity index (χ2v) is 2.93. The molecule has 1 saturated heterocycles. The number of allylic oxidation sites excluding steroid dienone is 1. The second-order valence-electron chi connectivity index (χ2n) is 2.93. The number of nitrogens with zero attached hydrogens (tertiary/aromatic N) is 1. The molecule has 2 atom stereocenters. The molecular formula is C8H15N. The Bertz CT molecular complexity index is 110. The summed E-state index contributed by atoms with van der Waals surface area (Å²) in [6.45, 7) is 5.64. The molecule has 0 aromatic carbocycles. The quantitative estimate of drug-likeness (QED) is 0.480. The van der Waals surface area contributed by atoms with E-state index in [4.69, 9.17) is 0 Å². The Balaban J connectivity index is 2.39. The van der Waals surface area contributed by atoms with Gasteiger partial charge in [0.15, 0.2) is 0 Å². The minimum absolute atomic E-state index is 0.718. The van der Waals surface area contributed by atoms with E-state index < -0.39 is 0 Å². The molecule has 9 heavy (non-hydrogen) atoms. The van der Waals surface area contributed by atoms with Crippen LogP contribution < -0.4 is 0 Å². The molecule has 0 N–H and O–H groups in total. The third-order valence-electron chi connectivity index (χ3n) is 2.06. The maximum atomic E-state index is 2.37. The van der Waals surface area contributed by atoms with Gasteiger partial charge in [0, 0.05) is 12.6 Å². The topological polar surface area (TPSA) is 3.24 Å². The largest absolute Gasteiger partial charge is 0.299 e. The summed E-state index contributed by atoms with van der Waals surface area (Å²) in [7, 11) is 2.17. The van der Waals surface area contributed by atoms with E-state index in [1.54, 1.807) is 0 Å². The first kappa shape index (κ1) is 6.81. The Morgan fingerprint density at radius 3 is 2.44 bits per heavy atom. The lowest BCUT2D eigenvalue weighted by Gasteiger charge is -2.42. The molecule has 52 valence electrons. The molecule has 1 nitrogen and oxygen atoms in total. The Kier molecular flexibility index (Phi) is 1.91. The molecule has 1 heteroatoms. The Labute approximate surface area is 57.4 Å². The summed E-state index contributed by atoms with van der Waals surface area (Å²) >= 11 is 0. The van der Waals surface area contributed by atoms with Gasteiger partial charge in [-0.05, 0) is 19.9 Å². The van der Waals surface area contributed by atoms with Gasteiger partial charge in [0.05, 0.1) is 0 Å². The molecule has 0 saturated carbocycles. The number of likely N-dealkylation sites (tertiary alicyclic amines) is 1. The highest BCUT2D eigenvalue weighted by molar-refractivity contribution is 5.01. The van der Waals surface area contributed by atoms with Crippen molar-refractivity contribution in [1.29, 1.82) is 0 Å². The minimum Gasteiger partial charge on any atom is -0.299 e. The van der Waals surface area contributed by atoms with Gasteiger partial charge in [-0.25, -0.2) is 0 Å². The molecule has 1 aliphatic rings. The monoisotopic (exact) mass is 125 g/mol. The van der Waals surface area contributed by atoms with Gasteiger partial charge in [-0.15, -0.1) is 0 Å².